The Balaban J connectivity index is 1.75. The largest absolute Gasteiger partial charge is 0.425 e. The molecule has 3 rings (SSSR count). The van der Waals surface area contributed by atoms with Crippen LogP contribution in [0.3, 0.4) is 0 Å². The summed E-state index contributed by atoms with van der Waals surface area (Å²) in [6, 6.07) is 12.6. The van der Waals surface area contributed by atoms with Gasteiger partial charge in [-0.05, 0) is 18.2 Å². The number of esters is 1. The molecule has 0 fully saturated rings. The van der Waals surface area contributed by atoms with E-state index in [1.165, 1.54) is 28.9 Å². The van der Waals surface area contributed by atoms with Gasteiger partial charge in [0, 0.05) is 6.07 Å². The summed E-state index contributed by atoms with van der Waals surface area (Å²) in [5, 5.41) is 18.5. The molecule has 22 heavy (non-hydrogen) atoms. The number of fused-ring (bicyclic) bond motifs is 1. The van der Waals surface area contributed by atoms with Gasteiger partial charge in [0.2, 0.25) is 0 Å². The number of nitro benzene ring substituents is 1. The molecular formula is C14H10N4O4. The number of carbonyl (C=O) groups is 1. The minimum Gasteiger partial charge on any atom is -0.425 e. The zero-order valence-corrected chi connectivity index (χ0v) is 11.2. The Morgan fingerprint density at radius 3 is 2.86 bits per heavy atom. The maximum atomic E-state index is 11.9. The van der Waals surface area contributed by atoms with E-state index >= 15 is 0 Å². The van der Waals surface area contributed by atoms with E-state index in [9.17, 15) is 14.9 Å². The number of non-ortho nitro benzene ring substituents is 1. The Morgan fingerprint density at radius 2 is 2.05 bits per heavy atom. The molecule has 0 aliphatic heterocycles. The monoisotopic (exact) mass is 298 g/mol. The predicted molar refractivity (Wildman–Crippen MR) is 76.3 cm³/mol. The highest BCUT2D eigenvalue weighted by atomic mass is 16.6. The van der Waals surface area contributed by atoms with E-state index in [1.807, 2.05) is 12.1 Å². The quantitative estimate of drug-likeness (QED) is 0.316. The van der Waals surface area contributed by atoms with E-state index in [1.54, 1.807) is 12.1 Å². The average Bonchev–Trinajstić information content (AvgIpc) is 2.91. The van der Waals surface area contributed by atoms with Crippen molar-refractivity contribution < 1.29 is 14.5 Å². The van der Waals surface area contributed by atoms with Crippen molar-refractivity contribution in [3.05, 3.63) is 58.6 Å². The van der Waals surface area contributed by atoms with E-state index in [4.69, 9.17) is 4.74 Å². The summed E-state index contributed by atoms with van der Waals surface area (Å²) >= 11 is 0. The molecule has 2 aromatic carbocycles. The highest BCUT2D eigenvalue weighted by Gasteiger charge is 2.12. The summed E-state index contributed by atoms with van der Waals surface area (Å²) in [6.07, 6.45) is 0. The lowest BCUT2D eigenvalue weighted by atomic mass is 10.3. The van der Waals surface area contributed by atoms with Crippen LogP contribution >= 0.6 is 0 Å². The molecule has 0 aliphatic carbocycles. The Labute approximate surface area is 124 Å². The molecule has 1 heterocycles. The number of nitrogens with zero attached hydrogens (tertiary/aromatic N) is 4. The van der Waals surface area contributed by atoms with E-state index in [2.05, 4.69) is 10.3 Å². The van der Waals surface area contributed by atoms with Gasteiger partial charge in [-0.1, -0.05) is 23.4 Å². The molecule has 0 atom stereocenters. The molecule has 0 radical (unpaired) electrons. The molecule has 0 unspecified atom stereocenters. The van der Waals surface area contributed by atoms with Crippen LogP contribution in [0.25, 0.3) is 11.0 Å². The standard InChI is InChI=1S/C14H10N4O4/c19-14(22-11-5-3-4-10(8-11)18(20)21)9-17-13-7-2-1-6-12(13)15-16-17/h1-8H,9H2. The van der Waals surface area contributed by atoms with Gasteiger partial charge in [0.05, 0.1) is 16.5 Å². The summed E-state index contributed by atoms with van der Waals surface area (Å²) in [6.45, 7) is -0.136. The first-order valence-electron chi connectivity index (χ1n) is 6.37. The molecule has 8 heteroatoms. The molecule has 0 spiro atoms. The number of rotatable bonds is 4. The molecule has 0 N–H and O–H groups in total. The van der Waals surface area contributed by atoms with Crippen molar-refractivity contribution in [2.45, 2.75) is 6.54 Å². The lowest BCUT2D eigenvalue weighted by Crippen LogP contribution is -2.17. The fraction of sp³-hybridized carbons (Fsp3) is 0.0714. The van der Waals surface area contributed by atoms with E-state index in [0.717, 1.165) is 0 Å². The van der Waals surface area contributed by atoms with Crippen molar-refractivity contribution in [2.75, 3.05) is 0 Å². The van der Waals surface area contributed by atoms with Crippen LogP contribution < -0.4 is 4.74 Å². The molecule has 0 aliphatic rings. The zero-order valence-electron chi connectivity index (χ0n) is 11.2. The number of hydrogen-bond donors (Lipinski definition) is 0. The number of benzene rings is 2. The number of para-hydroxylation sites is 1. The fourth-order valence-corrected chi connectivity index (χ4v) is 1.98. The average molecular weight is 298 g/mol. The van der Waals surface area contributed by atoms with Gasteiger partial charge in [0.25, 0.3) is 5.69 Å². The Bertz CT molecular complexity index is 859. The van der Waals surface area contributed by atoms with Crippen LogP contribution in [-0.2, 0) is 11.3 Å². The van der Waals surface area contributed by atoms with Crippen LogP contribution in [0.15, 0.2) is 48.5 Å². The molecule has 0 bridgehead atoms. The van der Waals surface area contributed by atoms with Crippen LogP contribution in [0.1, 0.15) is 0 Å². The Morgan fingerprint density at radius 1 is 1.23 bits per heavy atom. The normalized spacial score (nSPS) is 10.5. The first-order chi connectivity index (χ1) is 10.6. The van der Waals surface area contributed by atoms with Crippen LogP contribution in [0.2, 0.25) is 0 Å². The van der Waals surface area contributed by atoms with Gasteiger partial charge in [-0.2, -0.15) is 0 Å². The number of ether oxygens (including phenoxy) is 1. The predicted octanol–water partition coefficient (Wildman–Crippen LogP) is 1.95. The minimum absolute atomic E-state index is 0.114. The number of carbonyl (C=O) groups excluding carboxylic acids is 1. The molecule has 3 aromatic rings. The summed E-state index contributed by atoms with van der Waals surface area (Å²) in [7, 11) is 0. The summed E-state index contributed by atoms with van der Waals surface area (Å²) in [5.74, 6) is -0.472. The zero-order chi connectivity index (χ0) is 15.5. The van der Waals surface area contributed by atoms with Crippen molar-refractivity contribution in [3.8, 4) is 5.75 Å². The number of nitro groups is 1. The molecular weight excluding hydrogens is 288 g/mol. The van der Waals surface area contributed by atoms with Crippen LogP contribution in [-0.4, -0.2) is 25.9 Å². The summed E-state index contributed by atoms with van der Waals surface area (Å²) < 4.78 is 6.51. The highest BCUT2D eigenvalue weighted by molar-refractivity contribution is 5.78. The van der Waals surface area contributed by atoms with Crippen molar-refractivity contribution in [3.63, 3.8) is 0 Å². The van der Waals surface area contributed by atoms with E-state index in [0.29, 0.717) is 11.0 Å². The summed E-state index contributed by atoms with van der Waals surface area (Å²) in [4.78, 5) is 22.1. The van der Waals surface area contributed by atoms with Gasteiger partial charge >= 0.3 is 5.97 Å². The smallest absolute Gasteiger partial charge is 0.333 e. The van der Waals surface area contributed by atoms with Gasteiger partial charge in [0.1, 0.15) is 17.8 Å². The van der Waals surface area contributed by atoms with Crippen molar-refractivity contribution in [1.29, 1.82) is 0 Å². The van der Waals surface area contributed by atoms with Crippen molar-refractivity contribution in [1.82, 2.24) is 15.0 Å². The van der Waals surface area contributed by atoms with Gasteiger partial charge in [0.15, 0.2) is 0 Å². The van der Waals surface area contributed by atoms with Crippen molar-refractivity contribution >= 4 is 22.7 Å². The lowest BCUT2D eigenvalue weighted by Gasteiger charge is -2.04. The SMILES string of the molecule is O=C(Cn1nnc2ccccc21)Oc1cccc([N+](=O)[O-])c1. The third-order valence-electron chi connectivity index (χ3n) is 2.96. The number of aromatic nitrogens is 3. The highest BCUT2D eigenvalue weighted by Crippen LogP contribution is 2.19. The molecule has 110 valence electrons. The van der Waals surface area contributed by atoms with Gasteiger partial charge in [-0.3, -0.25) is 10.1 Å². The molecule has 8 nitrogen and oxygen atoms in total. The first kappa shape index (κ1) is 13.7. The van der Waals surface area contributed by atoms with E-state index < -0.39 is 10.9 Å². The molecule has 0 saturated heterocycles. The van der Waals surface area contributed by atoms with Crippen LogP contribution in [0.4, 0.5) is 5.69 Å². The van der Waals surface area contributed by atoms with Crippen molar-refractivity contribution in [2.24, 2.45) is 0 Å². The molecule has 1 aromatic heterocycles. The molecule has 0 amide bonds. The number of hydrogen-bond acceptors (Lipinski definition) is 6. The second-order valence-electron chi connectivity index (χ2n) is 4.46. The first-order valence-corrected chi connectivity index (χ1v) is 6.37. The maximum Gasteiger partial charge on any atom is 0.333 e. The Hall–Kier alpha value is -3.29. The lowest BCUT2D eigenvalue weighted by molar-refractivity contribution is -0.384. The van der Waals surface area contributed by atoms with Gasteiger partial charge in [-0.25, -0.2) is 9.48 Å². The fourth-order valence-electron chi connectivity index (χ4n) is 1.98. The third-order valence-corrected chi connectivity index (χ3v) is 2.96. The third kappa shape index (κ3) is 2.75. The maximum absolute atomic E-state index is 11.9. The van der Waals surface area contributed by atoms with E-state index in [-0.39, 0.29) is 18.0 Å². The second kappa shape index (κ2) is 5.60. The topological polar surface area (TPSA) is 100 Å². The van der Waals surface area contributed by atoms with Crippen LogP contribution in [0, 0.1) is 10.1 Å². The molecule has 0 saturated carbocycles. The van der Waals surface area contributed by atoms with Crippen LogP contribution in [0.5, 0.6) is 5.75 Å². The van der Waals surface area contributed by atoms with Gasteiger partial charge in [-0.15, -0.1) is 5.10 Å². The van der Waals surface area contributed by atoms with Gasteiger partial charge < -0.3 is 4.74 Å². The minimum atomic E-state index is -0.587. The summed E-state index contributed by atoms with van der Waals surface area (Å²) in [5.41, 5.74) is 1.24. The second-order valence-corrected chi connectivity index (χ2v) is 4.46. The Kier molecular flexibility index (Phi) is 3.48.